The van der Waals surface area contributed by atoms with Crippen LogP contribution in [0.3, 0.4) is 0 Å². The number of nitrogens with zero attached hydrogens (tertiary/aromatic N) is 6. The molecule has 2 aliphatic rings. The Morgan fingerprint density at radius 2 is 1.89 bits per heavy atom. The fraction of sp³-hybridized carbons (Fsp3) is 0.429. The second-order valence-corrected chi connectivity index (χ2v) is 10.7. The fourth-order valence-corrected chi connectivity index (χ4v) is 4.87. The largest absolute Gasteiger partial charge is 0.341 e. The standard InChI is InChI=1S/C28H35N7/c1-19-8-9-22(28(2,3)4)15-23(19)32-26-25-24(31-18-34(25)5)17-30-27(33-26)35-13-10-20(11-14-35)21-7-6-12-29-16-21/h6-9,12,15-16,18,20H,10-11,13-14,17H2,1-5H3,(H,30,32,33). The number of benzene rings is 1. The third kappa shape index (κ3) is 4.85. The van der Waals surface area contributed by atoms with E-state index in [1.807, 2.05) is 36.4 Å². The van der Waals surface area contributed by atoms with E-state index in [9.17, 15) is 0 Å². The summed E-state index contributed by atoms with van der Waals surface area (Å²) in [5, 5.41) is 3.66. The van der Waals surface area contributed by atoms with Crippen molar-refractivity contribution in [2.45, 2.75) is 58.4 Å². The summed E-state index contributed by atoms with van der Waals surface area (Å²) < 4.78 is 2.04. The number of guanidine groups is 1. The average molecular weight is 470 g/mol. The van der Waals surface area contributed by atoms with E-state index >= 15 is 0 Å². The van der Waals surface area contributed by atoms with E-state index in [1.165, 1.54) is 16.7 Å². The van der Waals surface area contributed by atoms with Crippen LogP contribution < -0.4 is 5.32 Å². The molecule has 4 heterocycles. The zero-order chi connectivity index (χ0) is 24.6. The highest BCUT2D eigenvalue weighted by atomic mass is 15.3. The predicted molar refractivity (Wildman–Crippen MR) is 142 cm³/mol. The van der Waals surface area contributed by atoms with Crippen LogP contribution in [0.15, 0.2) is 59.0 Å². The molecule has 2 aromatic heterocycles. The van der Waals surface area contributed by atoms with Crippen LogP contribution in [0.4, 0.5) is 5.69 Å². The quantitative estimate of drug-likeness (QED) is 0.572. The number of amidine groups is 1. The minimum Gasteiger partial charge on any atom is -0.341 e. The number of pyridine rings is 1. The van der Waals surface area contributed by atoms with Crippen molar-refractivity contribution in [1.82, 2.24) is 19.4 Å². The van der Waals surface area contributed by atoms with Crippen LogP contribution in [0.2, 0.25) is 0 Å². The second-order valence-electron chi connectivity index (χ2n) is 10.7. The van der Waals surface area contributed by atoms with Gasteiger partial charge >= 0.3 is 0 Å². The molecule has 3 aromatic rings. The van der Waals surface area contributed by atoms with E-state index < -0.39 is 0 Å². The number of rotatable bonds is 2. The molecule has 1 saturated heterocycles. The van der Waals surface area contributed by atoms with E-state index in [2.05, 4.69) is 72.1 Å². The summed E-state index contributed by atoms with van der Waals surface area (Å²) in [4.78, 5) is 21.3. The average Bonchev–Trinajstić information content (AvgIpc) is 3.11. The molecule has 0 unspecified atom stereocenters. The molecule has 2 aliphatic heterocycles. The Morgan fingerprint density at radius 3 is 2.60 bits per heavy atom. The van der Waals surface area contributed by atoms with Crippen LogP contribution in [0.5, 0.6) is 0 Å². The minimum absolute atomic E-state index is 0.0678. The predicted octanol–water partition coefficient (Wildman–Crippen LogP) is 5.03. The van der Waals surface area contributed by atoms with Crippen LogP contribution in [0.25, 0.3) is 0 Å². The first-order valence-corrected chi connectivity index (χ1v) is 12.5. The first-order chi connectivity index (χ1) is 16.8. The van der Waals surface area contributed by atoms with Crippen LogP contribution >= 0.6 is 0 Å². The highest BCUT2D eigenvalue weighted by molar-refractivity contribution is 6.13. The van der Waals surface area contributed by atoms with Gasteiger partial charge in [0.05, 0.1) is 18.6 Å². The zero-order valence-corrected chi connectivity index (χ0v) is 21.4. The number of piperidine rings is 1. The summed E-state index contributed by atoms with van der Waals surface area (Å²) in [5.41, 5.74) is 6.88. The molecule has 1 aromatic carbocycles. The summed E-state index contributed by atoms with van der Waals surface area (Å²) in [6.45, 7) is 11.2. The third-order valence-electron chi connectivity index (χ3n) is 7.11. The highest BCUT2D eigenvalue weighted by Crippen LogP contribution is 2.30. The van der Waals surface area contributed by atoms with E-state index in [0.29, 0.717) is 12.5 Å². The molecule has 0 atom stereocenters. The van der Waals surface area contributed by atoms with Gasteiger partial charge in [0, 0.05) is 38.2 Å². The molecule has 1 fully saturated rings. The molecule has 5 rings (SSSR count). The van der Waals surface area contributed by atoms with Crippen molar-refractivity contribution in [3.63, 3.8) is 0 Å². The van der Waals surface area contributed by atoms with Crippen LogP contribution in [-0.2, 0) is 19.0 Å². The second kappa shape index (κ2) is 9.29. The van der Waals surface area contributed by atoms with Crippen molar-refractivity contribution in [3.8, 4) is 0 Å². The Morgan fingerprint density at radius 1 is 1.09 bits per heavy atom. The van der Waals surface area contributed by atoms with Gasteiger partial charge in [-0.25, -0.2) is 9.98 Å². The molecular weight excluding hydrogens is 434 g/mol. The highest BCUT2D eigenvalue weighted by Gasteiger charge is 2.27. The van der Waals surface area contributed by atoms with E-state index in [0.717, 1.165) is 54.8 Å². The van der Waals surface area contributed by atoms with Crippen molar-refractivity contribution in [3.05, 3.63) is 77.1 Å². The number of hydrogen-bond acceptors (Lipinski definition) is 6. The van der Waals surface area contributed by atoms with E-state index in [-0.39, 0.29) is 5.41 Å². The molecular formula is C28H35N7. The number of aliphatic imine (C=N–C) groups is 2. The Balaban J connectivity index is 1.43. The summed E-state index contributed by atoms with van der Waals surface area (Å²) in [7, 11) is 2.02. The SMILES string of the molecule is Cc1ccc(C(C)(C)C)cc1NC1=NC(N2CCC(c3cccnc3)CC2)=NCc2ncn(C)c21. The lowest BCUT2D eigenvalue weighted by molar-refractivity contribution is 0.309. The number of aromatic nitrogens is 3. The number of hydrogen-bond donors (Lipinski definition) is 1. The van der Waals surface area contributed by atoms with Gasteiger partial charge in [-0.2, -0.15) is 4.99 Å². The van der Waals surface area contributed by atoms with Gasteiger partial charge in [-0.05, 0) is 59.9 Å². The molecule has 7 nitrogen and oxygen atoms in total. The molecule has 0 radical (unpaired) electrons. The summed E-state index contributed by atoms with van der Waals surface area (Å²) >= 11 is 0. The minimum atomic E-state index is 0.0678. The summed E-state index contributed by atoms with van der Waals surface area (Å²) in [5.74, 6) is 2.13. The van der Waals surface area contributed by atoms with Crippen LogP contribution in [0.1, 0.15) is 67.6 Å². The van der Waals surface area contributed by atoms with Gasteiger partial charge < -0.3 is 14.8 Å². The number of imidazole rings is 1. The Bertz CT molecular complexity index is 1260. The smallest absolute Gasteiger partial charge is 0.223 e. The molecule has 0 aliphatic carbocycles. The fourth-order valence-electron chi connectivity index (χ4n) is 4.87. The van der Waals surface area contributed by atoms with E-state index in [1.54, 1.807) is 0 Å². The summed E-state index contributed by atoms with van der Waals surface area (Å²) in [6.07, 6.45) is 7.83. The maximum Gasteiger partial charge on any atom is 0.223 e. The van der Waals surface area contributed by atoms with Gasteiger partial charge in [-0.1, -0.05) is 39.0 Å². The molecule has 182 valence electrons. The van der Waals surface area contributed by atoms with Gasteiger partial charge in [0.1, 0.15) is 5.69 Å². The zero-order valence-electron chi connectivity index (χ0n) is 21.4. The van der Waals surface area contributed by atoms with Crippen molar-refractivity contribution in [2.75, 3.05) is 18.4 Å². The molecule has 0 saturated carbocycles. The summed E-state index contributed by atoms with van der Waals surface area (Å²) in [6, 6.07) is 10.9. The number of nitrogens with one attached hydrogen (secondary N) is 1. The molecule has 0 spiro atoms. The Hall–Kier alpha value is -3.48. The molecule has 35 heavy (non-hydrogen) atoms. The monoisotopic (exact) mass is 469 g/mol. The number of anilines is 1. The van der Waals surface area contributed by atoms with Gasteiger partial charge in [0.15, 0.2) is 5.84 Å². The van der Waals surface area contributed by atoms with Gasteiger partial charge in [0.2, 0.25) is 5.96 Å². The van der Waals surface area contributed by atoms with Crippen LogP contribution in [0, 0.1) is 6.92 Å². The van der Waals surface area contributed by atoms with Crippen molar-refractivity contribution < 1.29 is 0 Å². The van der Waals surface area contributed by atoms with Crippen molar-refractivity contribution in [1.29, 1.82) is 0 Å². The van der Waals surface area contributed by atoms with E-state index in [4.69, 9.17) is 9.98 Å². The molecule has 0 amide bonds. The van der Waals surface area contributed by atoms with Gasteiger partial charge in [0.25, 0.3) is 0 Å². The number of likely N-dealkylation sites (tertiary alicyclic amines) is 1. The maximum atomic E-state index is 5.11. The third-order valence-corrected chi connectivity index (χ3v) is 7.11. The van der Waals surface area contributed by atoms with Crippen molar-refractivity contribution in [2.24, 2.45) is 17.0 Å². The maximum absolute atomic E-state index is 5.11. The van der Waals surface area contributed by atoms with Crippen LogP contribution in [-0.4, -0.2) is 44.3 Å². The molecule has 7 heteroatoms. The Labute approximate surface area is 208 Å². The molecule has 0 bridgehead atoms. The lowest BCUT2D eigenvalue weighted by Crippen LogP contribution is -2.38. The first kappa shape index (κ1) is 23.3. The number of aryl methyl sites for hydroxylation is 2. The molecule has 1 N–H and O–H groups in total. The lowest BCUT2D eigenvalue weighted by Gasteiger charge is -2.32. The lowest BCUT2D eigenvalue weighted by atomic mass is 9.86. The van der Waals surface area contributed by atoms with Gasteiger partial charge in [-0.15, -0.1) is 0 Å². The number of fused-ring (bicyclic) bond motifs is 1. The van der Waals surface area contributed by atoms with Gasteiger partial charge in [-0.3, -0.25) is 4.98 Å². The first-order valence-electron chi connectivity index (χ1n) is 12.5. The Kier molecular flexibility index (Phi) is 6.17. The normalized spacial score (nSPS) is 16.9. The topological polar surface area (TPSA) is 70.7 Å². The van der Waals surface area contributed by atoms with Crippen molar-refractivity contribution >= 4 is 17.5 Å².